The van der Waals surface area contributed by atoms with E-state index in [0.29, 0.717) is 11.5 Å². The Morgan fingerprint density at radius 3 is 2.40 bits per heavy atom. The van der Waals surface area contributed by atoms with Gasteiger partial charge >= 0.3 is 0 Å². The molecule has 1 unspecified atom stereocenters. The summed E-state index contributed by atoms with van der Waals surface area (Å²) in [6.45, 7) is 2.13. The van der Waals surface area contributed by atoms with Crippen LogP contribution in [0.25, 0.3) is 0 Å². The van der Waals surface area contributed by atoms with Gasteiger partial charge in [0.1, 0.15) is 28.6 Å². The Labute approximate surface area is 186 Å². The molecule has 7 heteroatoms. The lowest BCUT2D eigenvalue weighted by Gasteiger charge is -2.20. The zero-order chi connectivity index (χ0) is 21.5. The quantitative estimate of drug-likeness (QED) is 0.502. The fourth-order valence-corrected chi connectivity index (χ4v) is 4.15. The Kier molecular flexibility index (Phi) is 7.87. The van der Waals surface area contributed by atoms with Crippen LogP contribution in [0.4, 0.5) is 5.69 Å². The first kappa shape index (κ1) is 22.3. The molecule has 1 fully saturated rings. The maximum Gasteiger partial charge on any atom is 0.187 e. The number of carbonyl (C=O) groups is 1. The number of nitrogens with zero attached hydrogens (tertiary/aromatic N) is 2. The number of benzene rings is 2. The zero-order valence-corrected chi connectivity index (χ0v) is 19.1. The lowest BCUT2D eigenvalue weighted by atomic mass is 10.0. The molecule has 30 heavy (non-hydrogen) atoms. The molecule has 2 aromatic carbocycles. The minimum atomic E-state index is -0.640. The standard InChI is InChI=1S/C23H27BrN2O4/c1-28-20-11-16(12-21(29-2)22(20)24)14-25-15-19(27)23(30-3)17-7-6-8-18(13-17)26-9-4-5-10-26/h6-8,11-14,23H,4-5,9-10,15H2,1-3H3. The average molecular weight is 475 g/mol. The molecule has 2 aromatic rings. The monoisotopic (exact) mass is 474 g/mol. The van der Waals surface area contributed by atoms with Crippen LogP contribution in [0.1, 0.15) is 30.1 Å². The Bertz CT molecular complexity index is 885. The average Bonchev–Trinajstić information content (AvgIpc) is 3.30. The fraction of sp³-hybridized carbons (Fsp3) is 0.391. The topological polar surface area (TPSA) is 60.4 Å². The minimum absolute atomic E-state index is 0.0210. The highest BCUT2D eigenvalue weighted by Gasteiger charge is 2.21. The predicted octanol–water partition coefficient (Wildman–Crippen LogP) is 4.44. The summed E-state index contributed by atoms with van der Waals surface area (Å²) >= 11 is 3.44. The van der Waals surface area contributed by atoms with Gasteiger partial charge in [-0.3, -0.25) is 9.79 Å². The van der Waals surface area contributed by atoms with Crippen molar-refractivity contribution in [2.45, 2.75) is 18.9 Å². The molecule has 1 atom stereocenters. The number of methoxy groups -OCH3 is 3. The highest BCUT2D eigenvalue weighted by Crippen LogP contribution is 2.35. The molecule has 0 spiro atoms. The normalized spacial score (nSPS) is 14.9. The molecule has 160 valence electrons. The van der Waals surface area contributed by atoms with Gasteiger partial charge in [-0.25, -0.2) is 0 Å². The molecule has 1 heterocycles. The molecule has 0 amide bonds. The second kappa shape index (κ2) is 10.6. The first-order chi connectivity index (χ1) is 14.6. The van der Waals surface area contributed by atoms with Gasteiger partial charge in [-0.1, -0.05) is 12.1 Å². The van der Waals surface area contributed by atoms with Crippen molar-refractivity contribution in [2.75, 3.05) is 45.9 Å². The number of rotatable bonds is 9. The van der Waals surface area contributed by atoms with E-state index in [1.54, 1.807) is 27.5 Å². The van der Waals surface area contributed by atoms with E-state index in [-0.39, 0.29) is 12.3 Å². The third kappa shape index (κ3) is 5.21. The molecule has 1 saturated heterocycles. The molecule has 6 nitrogen and oxygen atoms in total. The summed E-state index contributed by atoms with van der Waals surface area (Å²) in [5, 5.41) is 0. The molecule has 0 bridgehead atoms. The number of halogens is 1. The van der Waals surface area contributed by atoms with Crippen LogP contribution in [0.3, 0.4) is 0 Å². The second-order valence-electron chi connectivity index (χ2n) is 7.08. The van der Waals surface area contributed by atoms with Crippen molar-refractivity contribution in [2.24, 2.45) is 4.99 Å². The Morgan fingerprint density at radius 2 is 1.80 bits per heavy atom. The van der Waals surface area contributed by atoms with Crippen molar-refractivity contribution in [3.8, 4) is 11.5 Å². The molecule has 0 radical (unpaired) electrons. The molecular formula is C23H27BrN2O4. The Hall–Kier alpha value is -2.38. The van der Waals surface area contributed by atoms with E-state index in [1.165, 1.54) is 12.8 Å². The summed E-state index contributed by atoms with van der Waals surface area (Å²) in [5.74, 6) is 1.18. The van der Waals surface area contributed by atoms with Gasteiger partial charge in [0.25, 0.3) is 0 Å². The van der Waals surface area contributed by atoms with E-state index in [1.807, 2.05) is 30.3 Å². The predicted molar refractivity (Wildman–Crippen MR) is 122 cm³/mol. The van der Waals surface area contributed by atoms with Gasteiger partial charge in [0, 0.05) is 32.1 Å². The molecule has 3 rings (SSSR count). The number of hydrogen-bond donors (Lipinski definition) is 0. The van der Waals surface area contributed by atoms with Gasteiger partial charge < -0.3 is 19.1 Å². The maximum atomic E-state index is 12.8. The van der Waals surface area contributed by atoms with Crippen molar-refractivity contribution < 1.29 is 19.0 Å². The SMILES string of the molecule is COc1cc(C=NCC(=O)C(OC)c2cccc(N3CCCC3)c2)cc(OC)c1Br. The van der Waals surface area contributed by atoms with Gasteiger partial charge in [-0.15, -0.1) is 0 Å². The van der Waals surface area contributed by atoms with E-state index >= 15 is 0 Å². The third-order valence-electron chi connectivity index (χ3n) is 5.13. The van der Waals surface area contributed by atoms with Crippen molar-refractivity contribution in [3.63, 3.8) is 0 Å². The summed E-state index contributed by atoms with van der Waals surface area (Å²) in [7, 11) is 4.73. The first-order valence-electron chi connectivity index (χ1n) is 9.89. The van der Waals surface area contributed by atoms with Crippen LogP contribution in [0, 0.1) is 0 Å². The van der Waals surface area contributed by atoms with Gasteiger partial charge in [0.15, 0.2) is 5.78 Å². The number of anilines is 1. The lowest BCUT2D eigenvalue weighted by Crippen LogP contribution is -2.20. The summed E-state index contributed by atoms with van der Waals surface area (Å²) in [4.78, 5) is 19.5. The molecular weight excluding hydrogens is 448 g/mol. The largest absolute Gasteiger partial charge is 0.495 e. The van der Waals surface area contributed by atoms with Crippen molar-refractivity contribution in [1.29, 1.82) is 0 Å². The van der Waals surface area contributed by atoms with E-state index in [0.717, 1.165) is 34.4 Å². The highest BCUT2D eigenvalue weighted by atomic mass is 79.9. The fourth-order valence-electron chi connectivity index (χ4n) is 3.60. The van der Waals surface area contributed by atoms with E-state index in [2.05, 4.69) is 31.9 Å². The van der Waals surface area contributed by atoms with Crippen molar-refractivity contribution >= 4 is 33.6 Å². The van der Waals surface area contributed by atoms with Gasteiger partial charge in [-0.05, 0) is 64.2 Å². The van der Waals surface area contributed by atoms with E-state index < -0.39 is 6.10 Å². The molecule has 0 saturated carbocycles. The number of ether oxygens (including phenoxy) is 3. The summed E-state index contributed by atoms with van der Waals surface area (Å²) in [5.41, 5.74) is 2.77. The number of aliphatic imine (C=N–C) groups is 1. The number of hydrogen-bond acceptors (Lipinski definition) is 6. The number of ketones is 1. The molecule has 0 aromatic heterocycles. The van der Waals surface area contributed by atoms with E-state index in [4.69, 9.17) is 14.2 Å². The number of Topliss-reactive ketones (excluding diaryl/α,β-unsaturated/α-hetero) is 1. The summed E-state index contributed by atoms with van der Waals surface area (Å²) in [6.07, 6.45) is 3.41. The third-order valence-corrected chi connectivity index (χ3v) is 5.91. The smallest absolute Gasteiger partial charge is 0.187 e. The minimum Gasteiger partial charge on any atom is -0.495 e. The van der Waals surface area contributed by atoms with Crippen LogP contribution in [0.2, 0.25) is 0 Å². The summed E-state index contributed by atoms with van der Waals surface area (Å²) < 4.78 is 16.9. The Balaban J connectivity index is 1.71. The molecule has 1 aliphatic heterocycles. The molecule has 0 aliphatic carbocycles. The van der Waals surface area contributed by atoms with Crippen LogP contribution >= 0.6 is 15.9 Å². The summed E-state index contributed by atoms with van der Waals surface area (Å²) in [6, 6.07) is 11.7. The van der Waals surface area contributed by atoms with Crippen LogP contribution in [0.5, 0.6) is 11.5 Å². The van der Waals surface area contributed by atoms with Crippen LogP contribution in [-0.2, 0) is 9.53 Å². The van der Waals surface area contributed by atoms with Gasteiger partial charge in [0.2, 0.25) is 0 Å². The van der Waals surface area contributed by atoms with Crippen molar-refractivity contribution in [1.82, 2.24) is 0 Å². The van der Waals surface area contributed by atoms with Gasteiger partial charge in [-0.2, -0.15) is 0 Å². The lowest BCUT2D eigenvalue weighted by molar-refractivity contribution is -0.127. The highest BCUT2D eigenvalue weighted by molar-refractivity contribution is 9.10. The van der Waals surface area contributed by atoms with Crippen LogP contribution in [-0.4, -0.2) is 53.0 Å². The van der Waals surface area contributed by atoms with Crippen LogP contribution < -0.4 is 14.4 Å². The zero-order valence-electron chi connectivity index (χ0n) is 17.6. The van der Waals surface area contributed by atoms with Crippen molar-refractivity contribution in [3.05, 3.63) is 52.0 Å². The molecule has 0 N–H and O–H groups in total. The number of carbonyl (C=O) groups excluding carboxylic acids is 1. The first-order valence-corrected chi connectivity index (χ1v) is 10.7. The Morgan fingerprint density at radius 1 is 1.13 bits per heavy atom. The van der Waals surface area contributed by atoms with E-state index in [9.17, 15) is 4.79 Å². The molecule has 1 aliphatic rings. The maximum absolute atomic E-state index is 12.8. The second-order valence-corrected chi connectivity index (χ2v) is 7.87. The van der Waals surface area contributed by atoms with Gasteiger partial charge in [0.05, 0.1) is 14.2 Å². The van der Waals surface area contributed by atoms with Crippen LogP contribution in [0.15, 0.2) is 45.9 Å².